The molecule has 0 radical (unpaired) electrons. The Kier molecular flexibility index (Phi) is 4.19. The standard InChI is InChI=1S/C17H25NO/c19-17-9-5-4-8-14(17)12-18-16-10-15(11-16)13-6-2-1-3-7-13/h1-3,6-7,14-19H,4-5,8-12H2. The van der Waals surface area contributed by atoms with Gasteiger partial charge in [0.1, 0.15) is 0 Å². The van der Waals surface area contributed by atoms with Crippen LogP contribution in [0.1, 0.15) is 50.0 Å². The number of hydrogen-bond donors (Lipinski definition) is 2. The minimum absolute atomic E-state index is 0.0637. The fourth-order valence-electron chi connectivity index (χ4n) is 3.53. The van der Waals surface area contributed by atoms with Crippen LogP contribution in [0.2, 0.25) is 0 Å². The van der Waals surface area contributed by atoms with Gasteiger partial charge in [-0.1, -0.05) is 43.2 Å². The molecule has 0 aliphatic heterocycles. The molecule has 2 aliphatic rings. The Balaban J connectivity index is 1.40. The second-order valence-electron chi connectivity index (χ2n) is 6.30. The molecule has 0 bridgehead atoms. The van der Waals surface area contributed by atoms with Crippen molar-refractivity contribution in [3.8, 4) is 0 Å². The molecule has 0 spiro atoms. The summed E-state index contributed by atoms with van der Waals surface area (Å²) < 4.78 is 0. The summed E-state index contributed by atoms with van der Waals surface area (Å²) in [5.41, 5.74) is 1.48. The average molecular weight is 259 g/mol. The van der Waals surface area contributed by atoms with E-state index < -0.39 is 0 Å². The largest absolute Gasteiger partial charge is 0.393 e. The number of aliphatic hydroxyl groups excluding tert-OH is 1. The van der Waals surface area contributed by atoms with E-state index in [0.717, 1.165) is 18.9 Å². The first-order valence-corrected chi connectivity index (χ1v) is 7.79. The second-order valence-corrected chi connectivity index (χ2v) is 6.30. The molecular weight excluding hydrogens is 234 g/mol. The summed E-state index contributed by atoms with van der Waals surface area (Å²) in [6.07, 6.45) is 7.15. The zero-order valence-corrected chi connectivity index (χ0v) is 11.6. The number of aliphatic hydroxyl groups is 1. The van der Waals surface area contributed by atoms with Crippen molar-refractivity contribution in [3.05, 3.63) is 35.9 Å². The third-order valence-corrected chi connectivity index (χ3v) is 4.95. The van der Waals surface area contributed by atoms with Gasteiger partial charge in [0.05, 0.1) is 6.10 Å². The van der Waals surface area contributed by atoms with Crippen LogP contribution in [-0.4, -0.2) is 23.8 Å². The van der Waals surface area contributed by atoms with E-state index in [2.05, 4.69) is 35.6 Å². The van der Waals surface area contributed by atoms with Crippen molar-refractivity contribution in [2.24, 2.45) is 5.92 Å². The van der Waals surface area contributed by atoms with E-state index in [1.807, 2.05) is 0 Å². The molecule has 2 aliphatic carbocycles. The summed E-state index contributed by atoms with van der Waals surface area (Å²) >= 11 is 0. The van der Waals surface area contributed by atoms with Crippen molar-refractivity contribution in [2.45, 2.75) is 56.6 Å². The molecule has 1 aromatic rings. The number of hydrogen-bond acceptors (Lipinski definition) is 2. The van der Waals surface area contributed by atoms with E-state index in [9.17, 15) is 5.11 Å². The fourth-order valence-corrected chi connectivity index (χ4v) is 3.53. The van der Waals surface area contributed by atoms with Crippen LogP contribution in [-0.2, 0) is 0 Å². The van der Waals surface area contributed by atoms with Gasteiger partial charge in [-0.2, -0.15) is 0 Å². The Hall–Kier alpha value is -0.860. The highest BCUT2D eigenvalue weighted by Gasteiger charge is 2.31. The van der Waals surface area contributed by atoms with Crippen LogP contribution in [0.3, 0.4) is 0 Å². The van der Waals surface area contributed by atoms with Crippen molar-refractivity contribution >= 4 is 0 Å². The summed E-state index contributed by atoms with van der Waals surface area (Å²) in [6.45, 7) is 1.01. The fraction of sp³-hybridized carbons (Fsp3) is 0.647. The zero-order valence-electron chi connectivity index (χ0n) is 11.6. The Bertz CT molecular complexity index is 386. The highest BCUT2D eigenvalue weighted by atomic mass is 16.3. The van der Waals surface area contributed by atoms with E-state index in [0.29, 0.717) is 12.0 Å². The van der Waals surface area contributed by atoms with Gasteiger partial charge in [-0.15, -0.1) is 0 Å². The van der Waals surface area contributed by atoms with Crippen LogP contribution in [0.25, 0.3) is 0 Å². The van der Waals surface area contributed by atoms with Crippen molar-refractivity contribution in [1.29, 1.82) is 0 Å². The average Bonchev–Trinajstić information content (AvgIpc) is 2.40. The topological polar surface area (TPSA) is 32.3 Å². The maximum atomic E-state index is 9.96. The highest BCUT2D eigenvalue weighted by Crippen LogP contribution is 2.37. The van der Waals surface area contributed by atoms with Gasteiger partial charge in [-0.05, 0) is 43.1 Å². The molecule has 2 fully saturated rings. The minimum Gasteiger partial charge on any atom is -0.393 e. The first-order valence-electron chi connectivity index (χ1n) is 7.79. The molecule has 2 atom stereocenters. The maximum absolute atomic E-state index is 9.96. The molecule has 2 N–H and O–H groups in total. The molecule has 2 nitrogen and oxygen atoms in total. The molecule has 0 heterocycles. The van der Waals surface area contributed by atoms with Crippen molar-refractivity contribution in [1.82, 2.24) is 5.32 Å². The van der Waals surface area contributed by atoms with Gasteiger partial charge in [0, 0.05) is 12.6 Å². The number of nitrogens with one attached hydrogen (secondary N) is 1. The number of rotatable bonds is 4. The monoisotopic (exact) mass is 259 g/mol. The van der Waals surface area contributed by atoms with Crippen LogP contribution in [0, 0.1) is 5.92 Å². The molecule has 0 saturated heterocycles. The summed E-state index contributed by atoms with van der Waals surface area (Å²) in [7, 11) is 0. The predicted octanol–water partition coefficient (Wildman–Crippen LogP) is 3.07. The van der Waals surface area contributed by atoms with Gasteiger partial charge in [-0.3, -0.25) is 0 Å². The van der Waals surface area contributed by atoms with Crippen LogP contribution in [0.15, 0.2) is 30.3 Å². The summed E-state index contributed by atoms with van der Waals surface area (Å²) in [4.78, 5) is 0. The van der Waals surface area contributed by atoms with Crippen LogP contribution in [0.4, 0.5) is 0 Å². The summed E-state index contributed by atoms with van der Waals surface area (Å²) in [5, 5.41) is 13.6. The molecule has 2 saturated carbocycles. The molecule has 2 unspecified atom stereocenters. The first kappa shape index (κ1) is 13.1. The second kappa shape index (κ2) is 6.06. The molecule has 3 rings (SSSR count). The quantitative estimate of drug-likeness (QED) is 0.871. The van der Waals surface area contributed by atoms with Crippen LogP contribution < -0.4 is 5.32 Å². The van der Waals surface area contributed by atoms with Gasteiger partial charge in [-0.25, -0.2) is 0 Å². The molecular formula is C17H25NO. The van der Waals surface area contributed by atoms with Crippen LogP contribution >= 0.6 is 0 Å². The lowest BCUT2D eigenvalue weighted by Gasteiger charge is -2.38. The third kappa shape index (κ3) is 3.18. The Morgan fingerprint density at radius 3 is 2.53 bits per heavy atom. The lowest BCUT2D eigenvalue weighted by Crippen LogP contribution is -2.44. The van der Waals surface area contributed by atoms with Gasteiger partial charge >= 0.3 is 0 Å². The first-order chi connectivity index (χ1) is 9.33. The van der Waals surface area contributed by atoms with Gasteiger partial charge in [0.2, 0.25) is 0 Å². The molecule has 19 heavy (non-hydrogen) atoms. The van der Waals surface area contributed by atoms with Crippen LogP contribution in [0.5, 0.6) is 0 Å². The number of benzene rings is 1. The highest BCUT2D eigenvalue weighted by molar-refractivity contribution is 5.22. The lowest BCUT2D eigenvalue weighted by molar-refractivity contribution is 0.0655. The Labute approximate surface area is 116 Å². The molecule has 1 aromatic carbocycles. The van der Waals surface area contributed by atoms with Gasteiger partial charge in [0.25, 0.3) is 0 Å². The maximum Gasteiger partial charge on any atom is 0.0580 e. The van der Waals surface area contributed by atoms with Crippen molar-refractivity contribution in [3.63, 3.8) is 0 Å². The molecule has 104 valence electrons. The van der Waals surface area contributed by atoms with Gasteiger partial charge < -0.3 is 10.4 Å². The molecule has 0 amide bonds. The summed E-state index contributed by atoms with van der Waals surface area (Å²) in [6, 6.07) is 11.5. The molecule has 0 aromatic heterocycles. The van der Waals surface area contributed by atoms with E-state index in [1.54, 1.807) is 0 Å². The van der Waals surface area contributed by atoms with Gasteiger partial charge in [0.15, 0.2) is 0 Å². The van der Waals surface area contributed by atoms with E-state index in [-0.39, 0.29) is 6.10 Å². The Morgan fingerprint density at radius 1 is 1.05 bits per heavy atom. The molecule has 2 heteroatoms. The van der Waals surface area contributed by atoms with Crippen molar-refractivity contribution in [2.75, 3.05) is 6.54 Å². The smallest absolute Gasteiger partial charge is 0.0580 e. The predicted molar refractivity (Wildman–Crippen MR) is 78.2 cm³/mol. The SMILES string of the molecule is OC1CCCCC1CNC1CC(c2ccccc2)C1. The minimum atomic E-state index is -0.0637. The Morgan fingerprint density at radius 2 is 1.79 bits per heavy atom. The van der Waals surface area contributed by atoms with E-state index in [1.165, 1.54) is 37.7 Å². The zero-order chi connectivity index (χ0) is 13.1. The lowest BCUT2D eigenvalue weighted by atomic mass is 9.75. The third-order valence-electron chi connectivity index (χ3n) is 4.95. The van der Waals surface area contributed by atoms with Crippen molar-refractivity contribution < 1.29 is 5.11 Å². The summed E-state index contributed by atoms with van der Waals surface area (Å²) in [5.74, 6) is 1.24. The normalized spacial score (nSPS) is 34.8. The van der Waals surface area contributed by atoms with E-state index >= 15 is 0 Å². The van der Waals surface area contributed by atoms with E-state index in [4.69, 9.17) is 0 Å².